The maximum absolute atomic E-state index is 13.2. The van der Waals surface area contributed by atoms with Crippen molar-refractivity contribution in [3.63, 3.8) is 0 Å². The fourth-order valence-electron chi connectivity index (χ4n) is 2.40. The van der Waals surface area contributed by atoms with Gasteiger partial charge in [0, 0.05) is 12.1 Å². The van der Waals surface area contributed by atoms with Crippen LogP contribution in [0.15, 0.2) is 12.1 Å². The van der Waals surface area contributed by atoms with Crippen LogP contribution in [0.2, 0.25) is 5.02 Å². The van der Waals surface area contributed by atoms with Gasteiger partial charge in [-0.25, -0.2) is 4.39 Å². The Morgan fingerprint density at radius 1 is 1.24 bits per heavy atom. The van der Waals surface area contributed by atoms with Gasteiger partial charge in [-0.3, -0.25) is 0 Å². The third kappa shape index (κ3) is 2.34. The van der Waals surface area contributed by atoms with Gasteiger partial charge >= 0.3 is 0 Å². The van der Waals surface area contributed by atoms with E-state index in [0.29, 0.717) is 11.7 Å². The van der Waals surface area contributed by atoms with Crippen molar-refractivity contribution in [3.05, 3.63) is 23.0 Å². The number of rotatable bonds is 4. The van der Waals surface area contributed by atoms with Crippen LogP contribution in [-0.2, 0) is 0 Å². The Labute approximate surface area is 105 Å². The van der Waals surface area contributed by atoms with Crippen LogP contribution >= 0.6 is 11.6 Å². The summed E-state index contributed by atoms with van der Waals surface area (Å²) < 4.78 is 13.2. The molecular weight excluding hydrogens is 239 g/mol. The molecule has 1 aromatic rings. The number of nitrogens with one attached hydrogen (secondary N) is 1. The Bertz CT molecular complexity index is 429. The summed E-state index contributed by atoms with van der Waals surface area (Å²) in [5, 5.41) is 3.59. The van der Waals surface area contributed by atoms with E-state index in [1.165, 1.54) is 31.7 Å². The van der Waals surface area contributed by atoms with Crippen LogP contribution in [0.3, 0.4) is 0 Å². The lowest BCUT2D eigenvalue weighted by Gasteiger charge is -2.20. The zero-order valence-corrected chi connectivity index (χ0v) is 10.3. The first-order valence-corrected chi connectivity index (χ1v) is 6.54. The standard InChI is InChI=1S/C13H16ClFN2/c14-9-5-12(11(16)6-10(9)15)17-13(7-1-2-7)8-3-4-8/h5-8,13,17H,1-4,16H2. The largest absolute Gasteiger partial charge is 0.397 e. The summed E-state index contributed by atoms with van der Waals surface area (Å²) in [4.78, 5) is 0. The second-order valence-electron chi connectivity index (χ2n) is 5.20. The van der Waals surface area contributed by atoms with E-state index < -0.39 is 5.82 Å². The first-order valence-electron chi connectivity index (χ1n) is 6.16. The van der Waals surface area contributed by atoms with Gasteiger partial charge in [-0.1, -0.05) is 11.6 Å². The van der Waals surface area contributed by atoms with E-state index in [9.17, 15) is 4.39 Å². The highest BCUT2D eigenvalue weighted by molar-refractivity contribution is 6.31. The average Bonchev–Trinajstić information content (AvgIpc) is 3.15. The number of hydrogen-bond acceptors (Lipinski definition) is 2. The summed E-state index contributed by atoms with van der Waals surface area (Å²) in [5.74, 6) is 1.08. The van der Waals surface area contributed by atoms with Crippen LogP contribution in [0.25, 0.3) is 0 Å². The highest BCUT2D eigenvalue weighted by atomic mass is 35.5. The summed E-state index contributed by atoms with van der Waals surface area (Å²) in [6.45, 7) is 0. The summed E-state index contributed by atoms with van der Waals surface area (Å²) in [5.41, 5.74) is 7.04. The topological polar surface area (TPSA) is 38.0 Å². The molecule has 4 heteroatoms. The second-order valence-corrected chi connectivity index (χ2v) is 5.61. The van der Waals surface area contributed by atoms with E-state index in [1.54, 1.807) is 6.07 Å². The molecule has 0 radical (unpaired) electrons. The molecule has 2 aliphatic rings. The number of benzene rings is 1. The molecule has 2 saturated carbocycles. The molecule has 0 bridgehead atoms. The normalized spacial score (nSPS) is 19.7. The van der Waals surface area contributed by atoms with E-state index in [-0.39, 0.29) is 5.02 Å². The second kappa shape index (κ2) is 4.05. The van der Waals surface area contributed by atoms with Crippen molar-refractivity contribution in [2.45, 2.75) is 31.7 Å². The third-order valence-electron chi connectivity index (χ3n) is 3.67. The molecule has 0 saturated heterocycles. The minimum Gasteiger partial charge on any atom is -0.397 e. The van der Waals surface area contributed by atoms with Crippen molar-refractivity contribution < 1.29 is 4.39 Å². The van der Waals surface area contributed by atoms with Crippen molar-refractivity contribution >= 4 is 23.0 Å². The van der Waals surface area contributed by atoms with Gasteiger partial charge in [0.2, 0.25) is 0 Å². The number of nitrogens with two attached hydrogens (primary N) is 1. The molecular formula is C13H16ClFN2. The van der Waals surface area contributed by atoms with Crippen LogP contribution in [-0.4, -0.2) is 6.04 Å². The van der Waals surface area contributed by atoms with Crippen LogP contribution < -0.4 is 11.1 Å². The van der Waals surface area contributed by atoms with Gasteiger partial charge in [0.1, 0.15) is 5.82 Å². The van der Waals surface area contributed by atoms with Gasteiger partial charge in [-0.05, 0) is 43.6 Å². The van der Waals surface area contributed by atoms with Crippen molar-refractivity contribution in [3.8, 4) is 0 Å². The van der Waals surface area contributed by atoms with Gasteiger partial charge in [0.15, 0.2) is 0 Å². The van der Waals surface area contributed by atoms with Crippen LogP contribution in [0.4, 0.5) is 15.8 Å². The van der Waals surface area contributed by atoms with E-state index >= 15 is 0 Å². The number of anilines is 2. The van der Waals surface area contributed by atoms with Crippen molar-refractivity contribution in [1.29, 1.82) is 0 Å². The predicted octanol–water partition coefficient (Wildman–Crippen LogP) is 3.66. The summed E-state index contributed by atoms with van der Waals surface area (Å²) in [6, 6.07) is 3.39. The van der Waals surface area contributed by atoms with Gasteiger partial charge in [-0.15, -0.1) is 0 Å². The molecule has 2 fully saturated rings. The number of hydrogen-bond donors (Lipinski definition) is 2. The van der Waals surface area contributed by atoms with E-state index in [4.69, 9.17) is 17.3 Å². The zero-order valence-electron chi connectivity index (χ0n) is 9.55. The molecule has 0 aromatic heterocycles. The first-order chi connectivity index (χ1) is 8.15. The Morgan fingerprint density at radius 3 is 2.35 bits per heavy atom. The van der Waals surface area contributed by atoms with Gasteiger partial charge in [-0.2, -0.15) is 0 Å². The van der Waals surface area contributed by atoms with E-state index in [1.807, 2.05) is 0 Å². The first kappa shape index (κ1) is 11.1. The summed E-state index contributed by atoms with van der Waals surface area (Å²) in [6.07, 6.45) is 5.18. The van der Waals surface area contributed by atoms with Crippen molar-refractivity contribution in [1.82, 2.24) is 0 Å². The van der Waals surface area contributed by atoms with Crippen LogP contribution in [0.1, 0.15) is 25.7 Å². The molecule has 0 spiro atoms. The molecule has 92 valence electrons. The summed E-state index contributed by atoms with van der Waals surface area (Å²) >= 11 is 5.79. The molecule has 1 aromatic carbocycles. The molecule has 2 nitrogen and oxygen atoms in total. The average molecular weight is 255 g/mol. The Morgan fingerprint density at radius 2 is 1.82 bits per heavy atom. The maximum atomic E-state index is 13.2. The molecule has 0 atom stereocenters. The Kier molecular flexibility index (Phi) is 2.66. The molecule has 17 heavy (non-hydrogen) atoms. The lowest BCUT2D eigenvalue weighted by Crippen LogP contribution is -2.24. The Balaban J connectivity index is 1.81. The predicted molar refractivity (Wildman–Crippen MR) is 68.7 cm³/mol. The highest BCUT2D eigenvalue weighted by Crippen LogP contribution is 2.46. The quantitative estimate of drug-likeness (QED) is 0.805. The molecule has 0 heterocycles. The lowest BCUT2D eigenvalue weighted by molar-refractivity contribution is 0.567. The van der Waals surface area contributed by atoms with Crippen LogP contribution in [0.5, 0.6) is 0 Å². The smallest absolute Gasteiger partial charge is 0.143 e. The molecule has 3 rings (SSSR count). The minimum atomic E-state index is -0.455. The SMILES string of the molecule is Nc1cc(F)c(Cl)cc1NC(C1CC1)C1CC1. The number of halogens is 2. The van der Waals surface area contributed by atoms with Gasteiger partial charge in [0.05, 0.1) is 16.4 Å². The zero-order chi connectivity index (χ0) is 12.0. The molecule has 3 N–H and O–H groups in total. The number of nitrogen functional groups attached to an aromatic ring is 1. The van der Waals surface area contributed by atoms with Crippen molar-refractivity contribution in [2.75, 3.05) is 11.1 Å². The van der Waals surface area contributed by atoms with Crippen LogP contribution in [0, 0.1) is 17.7 Å². The minimum absolute atomic E-state index is 0.132. The Hall–Kier alpha value is -0.960. The van der Waals surface area contributed by atoms with E-state index in [2.05, 4.69) is 5.32 Å². The lowest BCUT2D eigenvalue weighted by atomic mass is 10.1. The van der Waals surface area contributed by atoms with E-state index in [0.717, 1.165) is 17.5 Å². The van der Waals surface area contributed by atoms with Gasteiger partial charge < -0.3 is 11.1 Å². The fourth-order valence-corrected chi connectivity index (χ4v) is 2.56. The fraction of sp³-hybridized carbons (Fsp3) is 0.538. The summed E-state index contributed by atoms with van der Waals surface area (Å²) in [7, 11) is 0. The molecule has 0 unspecified atom stereocenters. The molecule has 2 aliphatic carbocycles. The monoisotopic (exact) mass is 254 g/mol. The third-order valence-corrected chi connectivity index (χ3v) is 3.96. The highest BCUT2D eigenvalue weighted by Gasteiger charge is 2.41. The maximum Gasteiger partial charge on any atom is 0.143 e. The van der Waals surface area contributed by atoms with Gasteiger partial charge in [0.25, 0.3) is 0 Å². The van der Waals surface area contributed by atoms with Crippen molar-refractivity contribution in [2.24, 2.45) is 11.8 Å². The molecule has 0 amide bonds. The molecule has 0 aliphatic heterocycles.